The molecule has 5 heteroatoms. The summed E-state index contributed by atoms with van der Waals surface area (Å²) in [6.07, 6.45) is 7.92. The highest BCUT2D eigenvalue weighted by Gasteiger charge is 2.37. The number of rotatable bonds is 2. The molecule has 1 aromatic heterocycles. The number of hydrogen-bond donors (Lipinski definition) is 2. The fourth-order valence-electron chi connectivity index (χ4n) is 4.26. The van der Waals surface area contributed by atoms with Gasteiger partial charge in [-0.15, -0.1) is 0 Å². The molecule has 2 heterocycles. The topological polar surface area (TPSA) is 49.9 Å². The van der Waals surface area contributed by atoms with Gasteiger partial charge in [-0.3, -0.25) is 10.3 Å². The van der Waals surface area contributed by atoms with Crippen molar-refractivity contribution in [3.05, 3.63) is 59.7 Å². The average molecular weight is 363 g/mol. The van der Waals surface area contributed by atoms with E-state index in [1.54, 1.807) is 12.1 Å². The standard InChI is InChI=1S/C22H22FN3O/c1-14-11-15(16-7-3-4-8-17(16)23)12-18-20(14)25-21(24-18)19-13-22(27-26-19)9-5-2-6-10-22/h3-4,7-8,11-13,26H,2,5-6,9-10H2,1H3,(H,24,25). The Labute approximate surface area is 157 Å². The van der Waals surface area contributed by atoms with Crippen molar-refractivity contribution in [1.29, 1.82) is 0 Å². The summed E-state index contributed by atoms with van der Waals surface area (Å²) in [6, 6.07) is 10.8. The Morgan fingerprint density at radius 3 is 2.74 bits per heavy atom. The van der Waals surface area contributed by atoms with Gasteiger partial charge in [-0.05, 0) is 55.2 Å². The minimum atomic E-state index is -0.219. The first-order valence-corrected chi connectivity index (χ1v) is 9.56. The lowest BCUT2D eigenvalue weighted by atomic mass is 9.84. The van der Waals surface area contributed by atoms with Gasteiger partial charge >= 0.3 is 0 Å². The van der Waals surface area contributed by atoms with Gasteiger partial charge < -0.3 is 4.98 Å². The largest absolute Gasteiger partial charge is 0.337 e. The minimum Gasteiger partial charge on any atom is -0.337 e. The molecule has 2 aliphatic rings. The summed E-state index contributed by atoms with van der Waals surface area (Å²) < 4.78 is 14.2. The molecule has 3 aromatic rings. The minimum absolute atomic E-state index is 0.195. The van der Waals surface area contributed by atoms with Crippen molar-refractivity contribution >= 4 is 16.7 Å². The van der Waals surface area contributed by atoms with E-state index in [1.165, 1.54) is 25.3 Å². The lowest BCUT2D eigenvalue weighted by Crippen LogP contribution is -2.31. The van der Waals surface area contributed by atoms with E-state index in [9.17, 15) is 4.39 Å². The molecule has 2 aromatic carbocycles. The molecule has 4 nitrogen and oxygen atoms in total. The number of hydroxylamine groups is 1. The van der Waals surface area contributed by atoms with Crippen LogP contribution in [0.5, 0.6) is 0 Å². The Kier molecular flexibility index (Phi) is 3.79. The van der Waals surface area contributed by atoms with Gasteiger partial charge in [0.05, 0.1) is 11.0 Å². The molecule has 0 saturated heterocycles. The number of aromatic amines is 1. The first-order valence-electron chi connectivity index (χ1n) is 9.56. The van der Waals surface area contributed by atoms with Crippen molar-refractivity contribution in [2.24, 2.45) is 0 Å². The van der Waals surface area contributed by atoms with E-state index in [1.807, 2.05) is 25.1 Å². The molecule has 1 spiro atoms. The van der Waals surface area contributed by atoms with Crippen molar-refractivity contribution in [2.45, 2.75) is 44.6 Å². The zero-order chi connectivity index (χ0) is 18.4. The van der Waals surface area contributed by atoms with Crippen LogP contribution >= 0.6 is 0 Å². The highest BCUT2D eigenvalue weighted by Crippen LogP contribution is 2.38. The molecule has 0 amide bonds. The Morgan fingerprint density at radius 1 is 1.11 bits per heavy atom. The quantitative estimate of drug-likeness (QED) is 0.653. The van der Waals surface area contributed by atoms with E-state index < -0.39 is 0 Å². The number of nitrogens with zero attached hydrogens (tertiary/aromatic N) is 1. The van der Waals surface area contributed by atoms with Crippen LogP contribution in [0, 0.1) is 12.7 Å². The van der Waals surface area contributed by atoms with Crippen LogP contribution in [-0.2, 0) is 4.84 Å². The number of halogens is 1. The van der Waals surface area contributed by atoms with Gasteiger partial charge in [0.2, 0.25) is 0 Å². The van der Waals surface area contributed by atoms with Crippen LogP contribution in [0.4, 0.5) is 4.39 Å². The van der Waals surface area contributed by atoms with Gasteiger partial charge in [0.25, 0.3) is 0 Å². The maximum absolute atomic E-state index is 14.2. The van der Waals surface area contributed by atoms with Gasteiger partial charge in [0, 0.05) is 5.56 Å². The van der Waals surface area contributed by atoms with Gasteiger partial charge in [0.1, 0.15) is 17.1 Å². The van der Waals surface area contributed by atoms with Gasteiger partial charge in [0.15, 0.2) is 5.82 Å². The SMILES string of the molecule is Cc1cc(-c2ccccc2F)cc2[nH]c(C3=CC4(CCCCC4)ON3)nc12. The van der Waals surface area contributed by atoms with E-state index in [0.29, 0.717) is 5.56 Å². The van der Waals surface area contributed by atoms with E-state index in [2.05, 4.69) is 16.5 Å². The van der Waals surface area contributed by atoms with Crippen molar-refractivity contribution < 1.29 is 9.23 Å². The second-order valence-corrected chi connectivity index (χ2v) is 7.64. The molecular formula is C22H22FN3O. The smallest absolute Gasteiger partial charge is 0.156 e. The molecule has 0 atom stereocenters. The molecule has 1 aliphatic heterocycles. The molecule has 138 valence electrons. The number of imidazole rings is 1. The molecule has 0 bridgehead atoms. The average Bonchev–Trinajstić information content (AvgIpc) is 3.28. The third-order valence-corrected chi connectivity index (χ3v) is 5.69. The van der Waals surface area contributed by atoms with Crippen LogP contribution in [0.25, 0.3) is 27.9 Å². The van der Waals surface area contributed by atoms with Gasteiger partial charge in [-0.2, -0.15) is 0 Å². The number of benzene rings is 2. The summed E-state index contributed by atoms with van der Waals surface area (Å²) in [5.41, 5.74) is 8.03. The molecule has 0 radical (unpaired) electrons. The van der Waals surface area contributed by atoms with E-state index in [0.717, 1.165) is 46.5 Å². The molecule has 27 heavy (non-hydrogen) atoms. The summed E-state index contributed by atoms with van der Waals surface area (Å²) in [5, 5.41) is 0. The maximum Gasteiger partial charge on any atom is 0.156 e. The van der Waals surface area contributed by atoms with Crippen LogP contribution in [0.3, 0.4) is 0 Å². The van der Waals surface area contributed by atoms with Gasteiger partial charge in [-0.25, -0.2) is 9.37 Å². The molecule has 2 N–H and O–H groups in total. The summed E-state index contributed by atoms with van der Waals surface area (Å²) >= 11 is 0. The number of hydrogen-bond acceptors (Lipinski definition) is 3. The lowest BCUT2D eigenvalue weighted by molar-refractivity contribution is -0.0558. The molecule has 5 rings (SSSR count). The first-order chi connectivity index (χ1) is 13.1. The van der Waals surface area contributed by atoms with Crippen LogP contribution < -0.4 is 5.48 Å². The van der Waals surface area contributed by atoms with Crippen LogP contribution in [0.2, 0.25) is 0 Å². The zero-order valence-electron chi connectivity index (χ0n) is 15.3. The van der Waals surface area contributed by atoms with Crippen molar-refractivity contribution in [1.82, 2.24) is 15.4 Å². The zero-order valence-corrected chi connectivity index (χ0v) is 15.3. The summed E-state index contributed by atoms with van der Waals surface area (Å²) in [5.74, 6) is 0.546. The van der Waals surface area contributed by atoms with E-state index >= 15 is 0 Å². The van der Waals surface area contributed by atoms with Crippen molar-refractivity contribution in [2.75, 3.05) is 0 Å². The molecule has 0 unspecified atom stereocenters. The first kappa shape index (κ1) is 16.5. The molecule has 1 fully saturated rings. The number of nitrogens with one attached hydrogen (secondary N) is 2. The van der Waals surface area contributed by atoms with Crippen LogP contribution in [0.1, 0.15) is 43.5 Å². The predicted molar refractivity (Wildman–Crippen MR) is 104 cm³/mol. The maximum atomic E-state index is 14.2. The van der Waals surface area contributed by atoms with Crippen molar-refractivity contribution in [3.8, 4) is 11.1 Å². The molecule has 1 aliphatic carbocycles. The number of fused-ring (bicyclic) bond motifs is 1. The normalized spacial score (nSPS) is 18.7. The predicted octanol–water partition coefficient (Wildman–Crippen LogP) is 5.26. The van der Waals surface area contributed by atoms with Crippen LogP contribution in [0.15, 0.2) is 42.5 Å². The second kappa shape index (κ2) is 6.20. The van der Waals surface area contributed by atoms with E-state index in [-0.39, 0.29) is 11.4 Å². The van der Waals surface area contributed by atoms with Gasteiger partial charge in [-0.1, -0.05) is 37.5 Å². The number of aryl methyl sites for hydroxylation is 1. The monoisotopic (exact) mass is 363 g/mol. The highest BCUT2D eigenvalue weighted by atomic mass is 19.1. The fourth-order valence-corrected chi connectivity index (χ4v) is 4.26. The Balaban J connectivity index is 1.55. The molecule has 1 saturated carbocycles. The summed E-state index contributed by atoms with van der Waals surface area (Å²) in [4.78, 5) is 14.1. The number of H-pyrrole nitrogens is 1. The Hall–Kier alpha value is -2.66. The second-order valence-electron chi connectivity index (χ2n) is 7.64. The van der Waals surface area contributed by atoms with Crippen LogP contribution in [-0.4, -0.2) is 15.6 Å². The Morgan fingerprint density at radius 2 is 1.93 bits per heavy atom. The Bertz CT molecular complexity index is 1050. The fraction of sp³-hybridized carbons (Fsp3) is 0.318. The molecular weight excluding hydrogens is 341 g/mol. The third-order valence-electron chi connectivity index (χ3n) is 5.69. The summed E-state index contributed by atoms with van der Waals surface area (Å²) in [6.45, 7) is 2.01. The van der Waals surface area contributed by atoms with E-state index in [4.69, 9.17) is 9.82 Å². The number of aromatic nitrogens is 2. The highest BCUT2D eigenvalue weighted by molar-refractivity contribution is 5.87. The van der Waals surface area contributed by atoms with Crippen molar-refractivity contribution in [3.63, 3.8) is 0 Å². The summed E-state index contributed by atoms with van der Waals surface area (Å²) in [7, 11) is 0. The lowest BCUT2D eigenvalue weighted by Gasteiger charge is -2.29. The third kappa shape index (κ3) is 2.82.